The number of H-pyrrole nitrogens is 1. The van der Waals surface area contributed by atoms with Crippen LogP contribution >= 0.6 is 15.9 Å². The van der Waals surface area contributed by atoms with Crippen LogP contribution in [-0.2, 0) is 0 Å². The van der Waals surface area contributed by atoms with E-state index in [1.54, 1.807) is 6.92 Å². The molecule has 0 bridgehead atoms. The quantitative estimate of drug-likeness (QED) is 0.799. The smallest absolute Gasteiger partial charge is 0.354 e. The largest absolute Gasteiger partial charge is 0.477 e. The zero-order valence-electron chi connectivity index (χ0n) is 10.2. The summed E-state index contributed by atoms with van der Waals surface area (Å²) in [7, 11) is 0. The van der Waals surface area contributed by atoms with Crippen molar-refractivity contribution in [3.8, 4) is 0 Å². The molecule has 0 radical (unpaired) electrons. The fraction of sp³-hybridized carbons (Fsp3) is 0.0833. The first kappa shape index (κ1) is 14.2. The van der Waals surface area contributed by atoms with Crippen molar-refractivity contribution < 1.29 is 19.1 Å². The molecule has 0 unspecified atom stereocenters. The SMILES string of the molecule is Cc1cc(Br)c(F)cc1NC(=O)c1nc[nH]c1C(=O)O. The molecule has 2 rings (SSSR count). The number of amides is 1. The predicted octanol–water partition coefficient (Wildman–Crippen LogP) is 2.57. The number of aryl methyl sites for hydroxylation is 1. The second kappa shape index (κ2) is 5.41. The zero-order chi connectivity index (χ0) is 14.9. The Hall–Kier alpha value is -2.22. The minimum Gasteiger partial charge on any atom is -0.477 e. The standard InChI is InChI=1S/C12H9BrFN3O3/c1-5-2-6(13)7(14)3-8(5)17-11(18)9-10(12(19)20)16-4-15-9/h2-4H,1H3,(H,15,16)(H,17,18)(H,19,20). The number of aromatic carboxylic acids is 1. The summed E-state index contributed by atoms with van der Waals surface area (Å²) in [6, 6.07) is 2.65. The first-order chi connectivity index (χ1) is 9.40. The Bertz CT molecular complexity index is 699. The molecule has 1 amide bonds. The Labute approximate surface area is 121 Å². The van der Waals surface area contributed by atoms with E-state index in [0.717, 1.165) is 12.4 Å². The third-order valence-corrected chi connectivity index (χ3v) is 3.19. The molecule has 20 heavy (non-hydrogen) atoms. The molecule has 0 atom stereocenters. The Morgan fingerprint density at radius 1 is 1.45 bits per heavy atom. The number of hydrogen-bond donors (Lipinski definition) is 3. The monoisotopic (exact) mass is 341 g/mol. The molecule has 0 spiro atoms. The molecule has 3 N–H and O–H groups in total. The Balaban J connectivity index is 2.30. The van der Waals surface area contributed by atoms with Crippen molar-refractivity contribution in [2.24, 2.45) is 0 Å². The number of hydrogen-bond acceptors (Lipinski definition) is 3. The van der Waals surface area contributed by atoms with Gasteiger partial charge in [0.1, 0.15) is 5.82 Å². The second-order valence-corrected chi connectivity index (χ2v) is 4.82. The van der Waals surface area contributed by atoms with E-state index >= 15 is 0 Å². The average Bonchev–Trinajstić information content (AvgIpc) is 2.85. The Morgan fingerprint density at radius 2 is 2.15 bits per heavy atom. The van der Waals surface area contributed by atoms with Crippen LogP contribution in [0.3, 0.4) is 0 Å². The molecule has 8 heteroatoms. The van der Waals surface area contributed by atoms with Gasteiger partial charge in [0, 0.05) is 5.69 Å². The molecule has 0 aliphatic carbocycles. The maximum absolute atomic E-state index is 13.4. The third kappa shape index (κ3) is 2.69. The third-order valence-electron chi connectivity index (χ3n) is 2.58. The lowest BCUT2D eigenvalue weighted by Crippen LogP contribution is -2.17. The molecule has 0 fully saturated rings. The van der Waals surface area contributed by atoms with E-state index in [1.165, 1.54) is 6.07 Å². The van der Waals surface area contributed by atoms with Crippen LogP contribution in [0.1, 0.15) is 26.5 Å². The first-order valence-corrected chi connectivity index (χ1v) is 6.23. The summed E-state index contributed by atoms with van der Waals surface area (Å²) < 4.78 is 13.7. The number of nitrogens with zero attached hydrogens (tertiary/aromatic N) is 1. The van der Waals surface area contributed by atoms with Crippen molar-refractivity contribution in [2.45, 2.75) is 6.92 Å². The van der Waals surface area contributed by atoms with Gasteiger partial charge in [0.15, 0.2) is 11.4 Å². The summed E-state index contributed by atoms with van der Waals surface area (Å²) in [6.45, 7) is 1.68. The van der Waals surface area contributed by atoms with Crippen LogP contribution in [0.5, 0.6) is 0 Å². The number of aromatic amines is 1. The number of imidazole rings is 1. The van der Waals surface area contributed by atoms with Crippen LogP contribution in [0.15, 0.2) is 22.9 Å². The molecule has 2 aromatic rings. The highest BCUT2D eigenvalue weighted by molar-refractivity contribution is 9.10. The number of carboxylic acid groups (broad SMARTS) is 1. The minimum absolute atomic E-state index is 0.245. The van der Waals surface area contributed by atoms with Gasteiger partial charge < -0.3 is 15.4 Å². The highest BCUT2D eigenvalue weighted by Gasteiger charge is 2.20. The highest BCUT2D eigenvalue weighted by Crippen LogP contribution is 2.24. The van der Waals surface area contributed by atoms with Crippen LogP contribution in [0.4, 0.5) is 10.1 Å². The van der Waals surface area contributed by atoms with Crippen LogP contribution in [0.25, 0.3) is 0 Å². The fourth-order valence-electron chi connectivity index (χ4n) is 1.59. The number of carboxylic acids is 1. The number of aromatic nitrogens is 2. The summed E-state index contributed by atoms with van der Waals surface area (Å²) in [6.07, 6.45) is 1.10. The molecule has 0 saturated carbocycles. The van der Waals surface area contributed by atoms with Crippen LogP contribution in [0.2, 0.25) is 0 Å². The summed E-state index contributed by atoms with van der Waals surface area (Å²) >= 11 is 3.03. The molecular weight excluding hydrogens is 333 g/mol. The van der Waals surface area contributed by atoms with Gasteiger partial charge in [0.25, 0.3) is 5.91 Å². The normalized spacial score (nSPS) is 10.3. The summed E-state index contributed by atoms with van der Waals surface area (Å²) in [5.74, 6) is -2.56. The van der Waals surface area contributed by atoms with E-state index in [2.05, 4.69) is 31.2 Å². The van der Waals surface area contributed by atoms with Gasteiger partial charge in [-0.3, -0.25) is 4.79 Å². The van der Waals surface area contributed by atoms with Crippen LogP contribution in [-0.4, -0.2) is 27.0 Å². The molecule has 1 aromatic heterocycles. The zero-order valence-corrected chi connectivity index (χ0v) is 11.8. The van der Waals surface area contributed by atoms with Gasteiger partial charge in [0.05, 0.1) is 10.8 Å². The van der Waals surface area contributed by atoms with Gasteiger partial charge >= 0.3 is 5.97 Å². The van der Waals surface area contributed by atoms with Crippen molar-refractivity contribution in [3.63, 3.8) is 0 Å². The van der Waals surface area contributed by atoms with Crippen molar-refractivity contribution in [1.29, 1.82) is 0 Å². The minimum atomic E-state index is -1.30. The first-order valence-electron chi connectivity index (χ1n) is 5.44. The topological polar surface area (TPSA) is 95.1 Å². The van der Waals surface area contributed by atoms with Crippen LogP contribution in [0, 0.1) is 12.7 Å². The number of carbonyl (C=O) groups is 2. The van der Waals surface area contributed by atoms with Gasteiger partial charge in [-0.1, -0.05) is 0 Å². The Morgan fingerprint density at radius 3 is 2.80 bits per heavy atom. The van der Waals surface area contributed by atoms with E-state index in [1.807, 2.05) is 0 Å². The van der Waals surface area contributed by atoms with Gasteiger partial charge in [-0.2, -0.15) is 0 Å². The predicted molar refractivity (Wildman–Crippen MR) is 72.3 cm³/mol. The van der Waals surface area contributed by atoms with Crippen molar-refractivity contribution in [1.82, 2.24) is 9.97 Å². The molecule has 0 saturated heterocycles. The van der Waals surface area contributed by atoms with E-state index in [4.69, 9.17) is 5.11 Å². The number of halogens is 2. The summed E-state index contributed by atoms with van der Waals surface area (Å²) in [5.41, 5.74) is 0.284. The second-order valence-electron chi connectivity index (χ2n) is 3.97. The summed E-state index contributed by atoms with van der Waals surface area (Å²) in [5, 5.41) is 11.3. The van der Waals surface area contributed by atoms with E-state index in [0.29, 0.717) is 5.56 Å². The molecule has 1 aromatic carbocycles. The van der Waals surface area contributed by atoms with Crippen LogP contribution < -0.4 is 5.32 Å². The lowest BCUT2D eigenvalue weighted by atomic mass is 10.2. The fourth-order valence-corrected chi connectivity index (χ4v) is 2.05. The van der Waals surface area contributed by atoms with Gasteiger partial charge in [-0.15, -0.1) is 0 Å². The number of carbonyl (C=O) groups excluding carboxylic acids is 1. The number of benzene rings is 1. The van der Waals surface area contributed by atoms with Crippen molar-refractivity contribution in [3.05, 3.63) is 45.7 Å². The van der Waals surface area contributed by atoms with E-state index in [9.17, 15) is 14.0 Å². The van der Waals surface area contributed by atoms with Crippen molar-refractivity contribution >= 4 is 33.5 Å². The molecule has 6 nitrogen and oxygen atoms in total. The number of rotatable bonds is 3. The lowest BCUT2D eigenvalue weighted by molar-refractivity contribution is 0.0686. The van der Waals surface area contributed by atoms with Crippen molar-refractivity contribution in [2.75, 3.05) is 5.32 Å². The molecule has 104 valence electrons. The molecule has 1 heterocycles. The number of nitrogens with one attached hydrogen (secondary N) is 2. The lowest BCUT2D eigenvalue weighted by Gasteiger charge is -2.08. The maximum atomic E-state index is 13.4. The molecule has 0 aliphatic rings. The van der Waals surface area contributed by atoms with Gasteiger partial charge in [-0.25, -0.2) is 14.2 Å². The van der Waals surface area contributed by atoms with Gasteiger partial charge in [-0.05, 0) is 40.5 Å². The highest BCUT2D eigenvalue weighted by atomic mass is 79.9. The van der Waals surface area contributed by atoms with E-state index < -0.39 is 17.7 Å². The maximum Gasteiger partial charge on any atom is 0.354 e. The number of anilines is 1. The van der Waals surface area contributed by atoms with Gasteiger partial charge in [0.2, 0.25) is 0 Å². The Kier molecular flexibility index (Phi) is 3.84. The summed E-state index contributed by atoms with van der Waals surface area (Å²) in [4.78, 5) is 28.9. The van der Waals surface area contributed by atoms with E-state index in [-0.39, 0.29) is 21.5 Å². The average molecular weight is 342 g/mol. The molecular formula is C12H9BrFN3O3. The molecule has 0 aliphatic heterocycles.